The first-order chi connectivity index (χ1) is 10.6. The number of rotatable bonds is 8. The Morgan fingerprint density at radius 3 is 2.55 bits per heavy atom. The average Bonchev–Trinajstić information content (AvgIpc) is 2.50. The normalized spacial score (nSPS) is 13.1. The summed E-state index contributed by atoms with van der Waals surface area (Å²) in [5.41, 5.74) is 1.12. The molecule has 0 bridgehead atoms. The molecule has 1 rings (SSSR count). The van der Waals surface area contributed by atoms with Gasteiger partial charge in [0.15, 0.2) is 5.96 Å². The number of guanidine groups is 1. The Morgan fingerprint density at radius 2 is 1.91 bits per heavy atom. The van der Waals surface area contributed by atoms with Gasteiger partial charge in [-0.1, -0.05) is 32.0 Å². The maximum atomic E-state index is 5.86. The third kappa shape index (κ3) is 6.80. The van der Waals surface area contributed by atoms with Gasteiger partial charge in [-0.05, 0) is 18.9 Å². The zero-order chi connectivity index (χ0) is 16.4. The third-order valence-electron chi connectivity index (χ3n) is 3.01. The summed E-state index contributed by atoms with van der Waals surface area (Å²) in [6.45, 7) is 8.35. The zero-order valence-electron chi connectivity index (χ0n) is 14.3. The van der Waals surface area contributed by atoms with Crippen molar-refractivity contribution < 1.29 is 9.47 Å². The highest BCUT2D eigenvalue weighted by molar-refractivity contribution is 5.80. The third-order valence-corrected chi connectivity index (χ3v) is 3.01. The van der Waals surface area contributed by atoms with Gasteiger partial charge in [-0.15, -0.1) is 0 Å². The number of hydrogen-bond acceptors (Lipinski definition) is 3. The van der Waals surface area contributed by atoms with Crippen molar-refractivity contribution in [2.24, 2.45) is 10.9 Å². The Hall–Kier alpha value is -1.75. The fourth-order valence-corrected chi connectivity index (χ4v) is 1.95. The molecule has 22 heavy (non-hydrogen) atoms. The van der Waals surface area contributed by atoms with E-state index in [0.717, 1.165) is 23.9 Å². The van der Waals surface area contributed by atoms with E-state index in [1.54, 1.807) is 14.2 Å². The number of nitrogens with zero attached hydrogens (tertiary/aromatic N) is 1. The van der Waals surface area contributed by atoms with E-state index in [9.17, 15) is 0 Å². The van der Waals surface area contributed by atoms with Gasteiger partial charge in [-0.2, -0.15) is 0 Å². The molecule has 0 amide bonds. The van der Waals surface area contributed by atoms with Gasteiger partial charge in [0.05, 0.1) is 13.2 Å². The van der Waals surface area contributed by atoms with Crippen LogP contribution >= 0.6 is 0 Å². The Bertz CT molecular complexity index is 461. The van der Waals surface area contributed by atoms with Crippen molar-refractivity contribution in [3.63, 3.8) is 0 Å². The predicted octanol–water partition coefficient (Wildman–Crippen LogP) is 2.42. The van der Waals surface area contributed by atoms with Gasteiger partial charge >= 0.3 is 0 Å². The smallest absolute Gasteiger partial charge is 0.191 e. The van der Waals surface area contributed by atoms with Gasteiger partial charge in [-0.25, -0.2) is 0 Å². The largest absolute Gasteiger partial charge is 0.493 e. The van der Waals surface area contributed by atoms with Crippen LogP contribution in [0.3, 0.4) is 0 Å². The molecule has 0 heterocycles. The van der Waals surface area contributed by atoms with E-state index in [0.29, 0.717) is 19.1 Å². The summed E-state index contributed by atoms with van der Waals surface area (Å²) in [4.78, 5) is 4.23. The van der Waals surface area contributed by atoms with Crippen LogP contribution in [0.25, 0.3) is 0 Å². The van der Waals surface area contributed by atoms with Crippen LogP contribution in [0, 0.1) is 5.92 Å². The monoisotopic (exact) mass is 307 g/mol. The molecule has 0 radical (unpaired) electrons. The number of nitrogens with one attached hydrogen (secondary N) is 2. The summed E-state index contributed by atoms with van der Waals surface area (Å²) in [7, 11) is 3.45. The number of benzene rings is 1. The first-order valence-corrected chi connectivity index (χ1v) is 7.73. The van der Waals surface area contributed by atoms with Crippen LogP contribution in [0.15, 0.2) is 29.3 Å². The van der Waals surface area contributed by atoms with Crippen molar-refractivity contribution in [2.45, 2.75) is 33.4 Å². The van der Waals surface area contributed by atoms with Crippen molar-refractivity contribution in [3.8, 4) is 5.75 Å². The molecule has 0 spiro atoms. The molecule has 0 saturated carbocycles. The Labute approximate surface area is 134 Å². The Morgan fingerprint density at radius 1 is 1.18 bits per heavy atom. The number of para-hydroxylation sites is 1. The molecule has 124 valence electrons. The highest BCUT2D eigenvalue weighted by Crippen LogP contribution is 2.18. The topological polar surface area (TPSA) is 54.9 Å². The van der Waals surface area contributed by atoms with E-state index in [-0.39, 0.29) is 6.04 Å². The van der Waals surface area contributed by atoms with Crippen LogP contribution in [0.2, 0.25) is 0 Å². The number of ether oxygens (including phenoxy) is 2. The van der Waals surface area contributed by atoms with E-state index in [1.165, 1.54) is 0 Å². The lowest BCUT2D eigenvalue weighted by Gasteiger charge is -2.18. The van der Waals surface area contributed by atoms with E-state index < -0.39 is 0 Å². The quantitative estimate of drug-likeness (QED) is 0.572. The standard InChI is InChI=1S/C17H29N3O2/c1-13(2)11-22-16-9-7-6-8-15(16)10-19-17(18-4)20-14(3)12-21-5/h6-9,13-14H,10-12H2,1-5H3,(H2,18,19,20). The molecule has 0 aliphatic heterocycles. The van der Waals surface area contributed by atoms with Crippen LogP contribution in [-0.4, -0.2) is 39.4 Å². The van der Waals surface area contributed by atoms with Gasteiger partial charge in [0, 0.05) is 32.3 Å². The number of hydrogen-bond donors (Lipinski definition) is 2. The maximum Gasteiger partial charge on any atom is 0.191 e. The average molecular weight is 307 g/mol. The second kappa shape index (κ2) is 10.1. The van der Waals surface area contributed by atoms with Crippen LogP contribution in [0.5, 0.6) is 5.75 Å². The SMILES string of the molecule is CN=C(NCc1ccccc1OCC(C)C)NC(C)COC. The van der Waals surface area contributed by atoms with Crippen LogP contribution in [0.1, 0.15) is 26.3 Å². The van der Waals surface area contributed by atoms with Gasteiger partial charge in [0.25, 0.3) is 0 Å². The van der Waals surface area contributed by atoms with E-state index in [2.05, 4.69) is 42.5 Å². The maximum absolute atomic E-state index is 5.86. The van der Waals surface area contributed by atoms with E-state index in [4.69, 9.17) is 9.47 Å². The van der Waals surface area contributed by atoms with Gasteiger partial charge in [0.2, 0.25) is 0 Å². The van der Waals surface area contributed by atoms with Crippen molar-refractivity contribution >= 4 is 5.96 Å². The zero-order valence-corrected chi connectivity index (χ0v) is 14.3. The minimum Gasteiger partial charge on any atom is -0.493 e. The highest BCUT2D eigenvalue weighted by Gasteiger charge is 2.07. The molecule has 1 aromatic rings. The minimum atomic E-state index is 0.198. The molecule has 5 heteroatoms. The molecular weight excluding hydrogens is 278 g/mol. The van der Waals surface area contributed by atoms with Crippen LogP contribution < -0.4 is 15.4 Å². The first kappa shape index (κ1) is 18.3. The fourth-order valence-electron chi connectivity index (χ4n) is 1.95. The molecule has 1 unspecified atom stereocenters. The second-order valence-corrected chi connectivity index (χ2v) is 5.74. The molecule has 0 saturated heterocycles. The Kier molecular flexibility index (Phi) is 8.36. The fraction of sp³-hybridized carbons (Fsp3) is 0.588. The lowest BCUT2D eigenvalue weighted by atomic mass is 10.2. The molecule has 0 aliphatic rings. The summed E-state index contributed by atoms with van der Waals surface area (Å²) in [5.74, 6) is 2.18. The van der Waals surface area contributed by atoms with Gasteiger partial charge < -0.3 is 20.1 Å². The minimum absolute atomic E-state index is 0.198. The van der Waals surface area contributed by atoms with Crippen LogP contribution in [-0.2, 0) is 11.3 Å². The Balaban J connectivity index is 2.58. The second-order valence-electron chi connectivity index (χ2n) is 5.74. The summed E-state index contributed by atoms with van der Waals surface area (Å²) >= 11 is 0. The number of aliphatic imine (C=N–C) groups is 1. The molecule has 5 nitrogen and oxygen atoms in total. The molecule has 0 aromatic heterocycles. The van der Waals surface area contributed by atoms with Crippen LogP contribution in [0.4, 0.5) is 0 Å². The summed E-state index contributed by atoms with van der Waals surface area (Å²) in [6.07, 6.45) is 0. The van der Waals surface area contributed by atoms with Gasteiger partial charge in [-0.3, -0.25) is 4.99 Å². The first-order valence-electron chi connectivity index (χ1n) is 7.73. The molecular formula is C17H29N3O2. The van der Waals surface area contributed by atoms with Crippen molar-refractivity contribution in [1.82, 2.24) is 10.6 Å². The molecule has 0 aliphatic carbocycles. The molecule has 0 fully saturated rings. The van der Waals surface area contributed by atoms with Crippen molar-refractivity contribution in [1.29, 1.82) is 0 Å². The highest BCUT2D eigenvalue weighted by atomic mass is 16.5. The van der Waals surface area contributed by atoms with E-state index >= 15 is 0 Å². The van der Waals surface area contributed by atoms with E-state index in [1.807, 2.05) is 18.2 Å². The summed E-state index contributed by atoms with van der Waals surface area (Å²) < 4.78 is 11.0. The molecule has 1 atom stereocenters. The summed E-state index contributed by atoms with van der Waals surface area (Å²) in [5, 5.41) is 6.59. The molecule has 1 aromatic carbocycles. The lowest BCUT2D eigenvalue weighted by Crippen LogP contribution is -2.43. The molecule has 2 N–H and O–H groups in total. The van der Waals surface area contributed by atoms with Gasteiger partial charge in [0.1, 0.15) is 5.75 Å². The predicted molar refractivity (Wildman–Crippen MR) is 91.4 cm³/mol. The summed E-state index contributed by atoms with van der Waals surface area (Å²) in [6, 6.07) is 8.27. The van der Waals surface area contributed by atoms with Crippen molar-refractivity contribution in [2.75, 3.05) is 27.4 Å². The lowest BCUT2D eigenvalue weighted by molar-refractivity contribution is 0.179. The van der Waals surface area contributed by atoms with Crippen molar-refractivity contribution in [3.05, 3.63) is 29.8 Å². The number of methoxy groups -OCH3 is 1.